The van der Waals surface area contributed by atoms with Crippen LogP contribution in [0.4, 0.5) is 0 Å². The van der Waals surface area contributed by atoms with Crippen molar-refractivity contribution in [2.75, 3.05) is 6.54 Å². The van der Waals surface area contributed by atoms with Crippen molar-refractivity contribution in [2.45, 2.75) is 58.5 Å². The number of nitrogens with zero attached hydrogens (tertiary/aromatic N) is 1. The van der Waals surface area contributed by atoms with Crippen LogP contribution in [0.3, 0.4) is 0 Å². The molecule has 0 radical (unpaired) electrons. The highest BCUT2D eigenvalue weighted by Crippen LogP contribution is 2.25. The lowest BCUT2D eigenvalue weighted by atomic mass is 9.84. The minimum Gasteiger partial charge on any atom is -0.425 e. The summed E-state index contributed by atoms with van der Waals surface area (Å²) in [6.45, 7) is 5.65. The lowest BCUT2D eigenvalue weighted by Gasteiger charge is -2.28. The molecule has 0 aliphatic carbocycles. The summed E-state index contributed by atoms with van der Waals surface area (Å²) in [6.07, 6.45) is 1.80. The molecule has 180 valence electrons. The van der Waals surface area contributed by atoms with E-state index >= 15 is 0 Å². The van der Waals surface area contributed by atoms with Gasteiger partial charge in [-0.1, -0.05) is 69.3 Å². The highest BCUT2D eigenvalue weighted by molar-refractivity contribution is 6.38. The summed E-state index contributed by atoms with van der Waals surface area (Å²) in [5.74, 6) is -1.82. The highest BCUT2D eigenvalue weighted by atomic mass is 16.5. The number of para-hydroxylation sites is 1. The number of likely N-dealkylation sites (tertiary alicyclic amines) is 1. The summed E-state index contributed by atoms with van der Waals surface area (Å²) in [7, 11) is 0. The number of hydrogen-bond acceptors (Lipinski definition) is 5. The third-order valence-electron chi connectivity index (χ3n) is 6.35. The molecule has 2 atom stereocenters. The number of esters is 1. The van der Waals surface area contributed by atoms with Gasteiger partial charge in [0.1, 0.15) is 17.8 Å². The predicted molar refractivity (Wildman–Crippen MR) is 128 cm³/mol. The van der Waals surface area contributed by atoms with E-state index in [2.05, 4.69) is 5.32 Å². The van der Waals surface area contributed by atoms with Crippen LogP contribution >= 0.6 is 0 Å². The van der Waals surface area contributed by atoms with Gasteiger partial charge in [0.25, 0.3) is 5.91 Å². The number of carbonyl (C=O) groups is 4. The Bertz CT molecular complexity index is 1020. The van der Waals surface area contributed by atoms with Crippen molar-refractivity contribution in [3.05, 3.63) is 66.2 Å². The Labute approximate surface area is 200 Å². The molecule has 1 aliphatic heterocycles. The van der Waals surface area contributed by atoms with Crippen LogP contribution in [0.25, 0.3) is 0 Å². The van der Waals surface area contributed by atoms with Gasteiger partial charge in [0.2, 0.25) is 11.7 Å². The number of carbonyl (C=O) groups excluding carboxylic acids is 4. The van der Waals surface area contributed by atoms with Gasteiger partial charge in [-0.3, -0.25) is 14.4 Å². The van der Waals surface area contributed by atoms with Crippen LogP contribution in [0.1, 0.15) is 45.6 Å². The Balaban J connectivity index is 1.76. The average Bonchev–Trinajstić information content (AvgIpc) is 3.34. The van der Waals surface area contributed by atoms with Crippen molar-refractivity contribution in [3.63, 3.8) is 0 Å². The van der Waals surface area contributed by atoms with Crippen LogP contribution in [-0.4, -0.2) is 47.1 Å². The molecule has 0 bridgehead atoms. The monoisotopic (exact) mass is 464 g/mol. The van der Waals surface area contributed by atoms with Gasteiger partial charge in [0.05, 0.1) is 0 Å². The first kappa shape index (κ1) is 25.1. The molecular weight excluding hydrogens is 432 g/mol. The minimum atomic E-state index is -0.949. The lowest BCUT2D eigenvalue weighted by Crippen LogP contribution is -2.54. The van der Waals surface area contributed by atoms with E-state index in [9.17, 15) is 19.2 Å². The molecular formula is C27H32N2O5. The summed E-state index contributed by atoms with van der Waals surface area (Å²) in [5.41, 5.74) is 0.0628. The van der Waals surface area contributed by atoms with Gasteiger partial charge in [-0.15, -0.1) is 0 Å². The third kappa shape index (κ3) is 6.10. The molecule has 3 rings (SSSR count). The summed E-state index contributed by atoms with van der Waals surface area (Å²) in [4.78, 5) is 53.2. The van der Waals surface area contributed by atoms with Gasteiger partial charge in [0, 0.05) is 18.4 Å². The molecule has 7 nitrogen and oxygen atoms in total. The van der Waals surface area contributed by atoms with Gasteiger partial charge in [-0.05, 0) is 37.0 Å². The van der Waals surface area contributed by atoms with E-state index in [-0.39, 0.29) is 6.42 Å². The van der Waals surface area contributed by atoms with E-state index < -0.39 is 41.1 Å². The molecule has 1 N–H and O–H groups in total. The minimum absolute atomic E-state index is 0.237. The van der Waals surface area contributed by atoms with Crippen molar-refractivity contribution >= 4 is 23.6 Å². The van der Waals surface area contributed by atoms with Gasteiger partial charge in [0.15, 0.2) is 0 Å². The third-order valence-corrected chi connectivity index (χ3v) is 6.35. The molecule has 34 heavy (non-hydrogen) atoms. The van der Waals surface area contributed by atoms with Crippen LogP contribution in [0.15, 0.2) is 60.7 Å². The Kier molecular flexibility index (Phi) is 8.21. The number of hydrogen-bond donors (Lipinski definition) is 1. The molecule has 0 spiro atoms. The van der Waals surface area contributed by atoms with Crippen LogP contribution in [0.2, 0.25) is 0 Å². The van der Waals surface area contributed by atoms with E-state index in [1.165, 1.54) is 4.90 Å². The number of nitrogens with one attached hydrogen (secondary N) is 1. The fraction of sp³-hybridized carbons (Fsp3) is 0.407. The molecule has 0 aromatic heterocycles. The predicted octanol–water partition coefficient (Wildman–Crippen LogP) is 3.32. The zero-order valence-electron chi connectivity index (χ0n) is 20.0. The van der Waals surface area contributed by atoms with Crippen LogP contribution in [0.5, 0.6) is 5.75 Å². The van der Waals surface area contributed by atoms with E-state index in [1.807, 2.05) is 43.3 Å². The second-order valence-electron chi connectivity index (χ2n) is 9.21. The Morgan fingerprint density at radius 3 is 2.26 bits per heavy atom. The molecule has 7 heteroatoms. The number of ketones is 1. The smallest absolute Gasteiger partial charge is 0.334 e. The van der Waals surface area contributed by atoms with Crippen molar-refractivity contribution in [3.8, 4) is 5.75 Å². The molecule has 1 heterocycles. The fourth-order valence-corrected chi connectivity index (χ4v) is 3.85. The Morgan fingerprint density at radius 2 is 1.65 bits per heavy atom. The second kappa shape index (κ2) is 11.1. The number of ether oxygens (including phenoxy) is 1. The largest absolute Gasteiger partial charge is 0.425 e. The first-order chi connectivity index (χ1) is 16.2. The maximum Gasteiger partial charge on any atom is 0.334 e. The van der Waals surface area contributed by atoms with Gasteiger partial charge in [-0.2, -0.15) is 0 Å². The summed E-state index contributed by atoms with van der Waals surface area (Å²) in [6, 6.07) is 16.2. The lowest BCUT2D eigenvalue weighted by molar-refractivity contribution is -0.151. The van der Waals surface area contributed by atoms with E-state index in [0.717, 1.165) is 5.56 Å². The zero-order chi connectivity index (χ0) is 24.7. The van der Waals surface area contributed by atoms with Gasteiger partial charge < -0.3 is 15.0 Å². The molecule has 1 aliphatic rings. The van der Waals surface area contributed by atoms with E-state index in [1.54, 1.807) is 38.1 Å². The maximum atomic E-state index is 13.2. The highest BCUT2D eigenvalue weighted by Gasteiger charge is 2.42. The standard InChI is InChI=1S/C27H32N2O5/c1-4-27(2,3)23(30)25(32)29-17-11-16-22(29)24(31)28-21(18-19-12-7-5-8-13-19)26(33)34-20-14-9-6-10-15-20/h5-10,12-15,21-22H,4,11,16-18H2,1-3H3,(H,28,31)/t21-,22-/m0/s1. The summed E-state index contributed by atoms with van der Waals surface area (Å²) < 4.78 is 5.50. The van der Waals surface area contributed by atoms with Crippen LogP contribution < -0.4 is 10.1 Å². The number of rotatable bonds is 9. The van der Waals surface area contributed by atoms with Crippen LogP contribution in [0, 0.1) is 5.41 Å². The zero-order valence-corrected chi connectivity index (χ0v) is 20.0. The number of benzene rings is 2. The molecule has 2 amide bonds. The van der Waals surface area contributed by atoms with Crippen LogP contribution in [-0.2, 0) is 25.6 Å². The quantitative estimate of drug-likeness (QED) is 0.349. The first-order valence-electron chi connectivity index (χ1n) is 11.7. The fourth-order valence-electron chi connectivity index (χ4n) is 3.85. The van der Waals surface area contributed by atoms with Gasteiger partial charge in [-0.25, -0.2) is 4.79 Å². The molecule has 1 saturated heterocycles. The summed E-state index contributed by atoms with van der Waals surface area (Å²) in [5, 5.41) is 2.79. The maximum absolute atomic E-state index is 13.2. The molecule has 0 unspecified atom stereocenters. The van der Waals surface area contributed by atoms with Gasteiger partial charge >= 0.3 is 5.97 Å². The second-order valence-corrected chi connectivity index (χ2v) is 9.21. The van der Waals surface area contributed by atoms with Crippen molar-refractivity contribution < 1.29 is 23.9 Å². The van der Waals surface area contributed by atoms with E-state index in [0.29, 0.717) is 31.6 Å². The SMILES string of the molecule is CCC(C)(C)C(=O)C(=O)N1CCC[C@H]1C(=O)N[C@@H](Cc1ccccc1)C(=O)Oc1ccccc1. The number of amides is 2. The van der Waals surface area contributed by atoms with Crippen molar-refractivity contribution in [2.24, 2.45) is 5.41 Å². The average molecular weight is 465 g/mol. The Morgan fingerprint density at radius 1 is 1.03 bits per heavy atom. The molecule has 2 aromatic carbocycles. The van der Waals surface area contributed by atoms with Crippen molar-refractivity contribution in [1.29, 1.82) is 0 Å². The number of Topliss-reactive ketones (excluding diaryl/α,β-unsaturated/α-hetero) is 1. The summed E-state index contributed by atoms with van der Waals surface area (Å²) >= 11 is 0. The molecule has 1 fully saturated rings. The first-order valence-corrected chi connectivity index (χ1v) is 11.7. The van der Waals surface area contributed by atoms with Crippen molar-refractivity contribution in [1.82, 2.24) is 10.2 Å². The normalized spacial score (nSPS) is 16.6. The molecule has 0 saturated carbocycles. The van der Waals surface area contributed by atoms with E-state index in [4.69, 9.17) is 4.74 Å². The Hall–Kier alpha value is -3.48. The molecule has 2 aromatic rings. The topological polar surface area (TPSA) is 92.8 Å².